The summed E-state index contributed by atoms with van der Waals surface area (Å²) >= 11 is 0. The highest BCUT2D eigenvalue weighted by Gasteiger charge is 2.11. The lowest BCUT2D eigenvalue weighted by atomic mass is 10.9. The summed E-state index contributed by atoms with van der Waals surface area (Å²) in [6, 6.07) is 0. The van der Waals surface area contributed by atoms with E-state index < -0.39 is 0 Å². The van der Waals surface area contributed by atoms with E-state index in [0.29, 0.717) is 9.82 Å². The largest absolute Gasteiger partial charge is 1.00 e. The highest BCUT2D eigenvalue weighted by atomic mass is 127. The molecule has 0 aliphatic heterocycles. The lowest BCUT2D eigenvalue weighted by Crippen LogP contribution is -3.38. The maximum atomic E-state index is 7.42. The van der Waals surface area contributed by atoms with Crippen LogP contribution in [0.5, 0.6) is 0 Å². The quantitative estimate of drug-likeness (QED) is 0.237. The second kappa shape index (κ2) is 6.02. The molecular formula is C5H20IN6+. The standard InChI is InChI=1S/C5H19N6.HI/c1-9(2)7-10(6)8-11(3,4)5;/h6-8,10H,1-5H3;1H/q+1;. The Morgan fingerprint density at radius 2 is 1.58 bits per heavy atom. The fourth-order valence-electron chi connectivity index (χ4n) is 0.613. The maximum absolute atomic E-state index is 7.42. The van der Waals surface area contributed by atoms with Crippen LogP contribution >= 0.6 is 0 Å². The van der Waals surface area contributed by atoms with Gasteiger partial charge in [-0.1, -0.05) is 0 Å². The van der Waals surface area contributed by atoms with Gasteiger partial charge >= 0.3 is 0 Å². The van der Waals surface area contributed by atoms with Crippen molar-refractivity contribution >= 4 is 0 Å². The molecule has 1 unspecified atom stereocenters. The van der Waals surface area contributed by atoms with Crippen molar-refractivity contribution < 1.29 is 38.8 Å². The molecule has 0 amide bonds. The van der Waals surface area contributed by atoms with Gasteiger partial charge in [-0.3, -0.25) is 0 Å². The summed E-state index contributed by atoms with van der Waals surface area (Å²) in [6.45, 7) is 0. The molecule has 0 spiro atoms. The smallest absolute Gasteiger partial charge is 0.0898 e. The first-order valence-corrected chi connectivity index (χ1v) is 3.57. The third-order valence-corrected chi connectivity index (χ3v) is 0.822. The average molecular weight is 291 g/mol. The van der Waals surface area contributed by atoms with Gasteiger partial charge in [0.25, 0.3) is 0 Å². The number of quaternary nitrogens is 3. The van der Waals surface area contributed by atoms with Gasteiger partial charge in [0.1, 0.15) is 0 Å². The second-order valence-electron chi connectivity index (χ2n) is 3.62. The van der Waals surface area contributed by atoms with Gasteiger partial charge in [-0.2, -0.15) is 5.23 Å². The van der Waals surface area contributed by atoms with Crippen molar-refractivity contribution in [3.8, 4) is 0 Å². The van der Waals surface area contributed by atoms with E-state index in [1.807, 2.05) is 35.2 Å². The number of rotatable bonds is 4. The molecule has 0 saturated heterocycles. The van der Waals surface area contributed by atoms with Gasteiger partial charge < -0.3 is 29.8 Å². The van der Waals surface area contributed by atoms with Crippen LogP contribution in [0.4, 0.5) is 0 Å². The van der Waals surface area contributed by atoms with Crippen LogP contribution in [0.2, 0.25) is 0 Å². The van der Waals surface area contributed by atoms with E-state index in [0.717, 1.165) is 5.01 Å². The van der Waals surface area contributed by atoms with E-state index in [9.17, 15) is 0 Å². The summed E-state index contributed by atoms with van der Waals surface area (Å²) in [6.07, 6.45) is 0. The van der Waals surface area contributed by atoms with E-state index in [1.165, 1.54) is 0 Å². The fourth-order valence-corrected chi connectivity index (χ4v) is 0.613. The van der Waals surface area contributed by atoms with Crippen molar-refractivity contribution in [1.29, 1.82) is 0 Å². The molecule has 76 valence electrons. The van der Waals surface area contributed by atoms with Gasteiger partial charge in [-0.05, 0) is 0 Å². The first kappa shape index (κ1) is 15.0. The van der Waals surface area contributed by atoms with Crippen molar-refractivity contribution in [2.45, 2.75) is 0 Å². The summed E-state index contributed by atoms with van der Waals surface area (Å²) in [5.41, 5.74) is 5.81. The Morgan fingerprint density at radius 3 is 1.83 bits per heavy atom. The molecule has 7 heteroatoms. The SMILES string of the molecule is C[NH+](C)N[NH+]([NH-])N[N+](C)(C)C.[I-]. The molecule has 5 N–H and O–H groups in total. The third kappa shape index (κ3) is 10.5. The van der Waals surface area contributed by atoms with E-state index >= 15 is 0 Å². The van der Waals surface area contributed by atoms with Crippen LogP contribution in [0.25, 0.3) is 5.84 Å². The molecule has 0 rings (SSSR count). The van der Waals surface area contributed by atoms with Crippen LogP contribution < -0.4 is 45.3 Å². The van der Waals surface area contributed by atoms with Crippen molar-refractivity contribution in [1.82, 2.24) is 11.1 Å². The average Bonchev–Trinajstić information content (AvgIpc) is 1.53. The zero-order chi connectivity index (χ0) is 9.07. The van der Waals surface area contributed by atoms with Crippen molar-refractivity contribution in [3.63, 3.8) is 0 Å². The Labute approximate surface area is 91.1 Å². The molecule has 0 aromatic heterocycles. The van der Waals surface area contributed by atoms with E-state index in [2.05, 4.69) is 11.1 Å². The van der Waals surface area contributed by atoms with Crippen LogP contribution in [0.3, 0.4) is 0 Å². The summed E-state index contributed by atoms with van der Waals surface area (Å²) in [5, 5.41) is 1.34. The second-order valence-corrected chi connectivity index (χ2v) is 3.62. The predicted molar refractivity (Wildman–Crippen MR) is 42.4 cm³/mol. The Bertz CT molecular complexity index is 111. The summed E-state index contributed by atoms with van der Waals surface area (Å²) < 4.78 is 0.541. The molecule has 0 heterocycles. The van der Waals surface area contributed by atoms with Gasteiger partial charge in [0.15, 0.2) is 0 Å². The Kier molecular flexibility index (Phi) is 7.52. The maximum Gasteiger partial charge on any atom is 0.0898 e. The lowest BCUT2D eigenvalue weighted by Gasteiger charge is -2.29. The number of nitrogens with zero attached hydrogens (tertiary/aromatic N) is 1. The van der Waals surface area contributed by atoms with Crippen LogP contribution in [0, 0.1) is 0 Å². The normalized spacial score (nSPS) is 14.2. The number of halogens is 1. The first-order chi connectivity index (χ1) is 4.81. The summed E-state index contributed by atoms with van der Waals surface area (Å²) in [5.74, 6) is 7.42. The monoisotopic (exact) mass is 291 g/mol. The Hall–Kier alpha value is 0.490. The van der Waals surface area contributed by atoms with Crippen LogP contribution in [0.1, 0.15) is 0 Å². The summed E-state index contributed by atoms with van der Waals surface area (Å²) in [7, 11) is 9.72. The molecule has 0 bridgehead atoms. The highest BCUT2D eigenvalue weighted by Crippen LogP contribution is 1.72. The van der Waals surface area contributed by atoms with Gasteiger partial charge in [0, 0.05) is 11.1 Å². The van der Waals surface area contributed by atoms with E-state index in [-0.39, 0.29) is 24.0 Å². The summed E-state index contributed by atoms with van der Waals surface area (Å²) in [4.78, 5) is 0. The topological polar surface area (TPSA) is 56.7 Å². The van der Waals surface area contributed by atoms with Gasteiger partial charge in [-0.15, -0.1) is 0 Å². The van der Waals surface area contributed by atoms with Crippen molar-refractivity contribution in [2.24, 2.45) is 0 Å². The van der Waals surface area contributed by atoms with Gasteiger partial charge in [0.2, 0.25) is 0 Å². The molecular weight excluding hydrogens is 271 g/mol. The molecule has 0 aromatic rings. The molecule has 12 heavy (non-hydrogen) atoms. The molecule has 0 saturated carbocycles. The zero-order valence-electron chi connectivity index (χ0n) is 8.33. The predicted octanol–water partition coefficient (Wildman–Crippen LogP) is -6.47. The Balaban J connectivity index is 0. The molecule has 6 nitrogen and oxygen atoms in total. The number of nitrogens with one attached hydrogen (secondary N) is 5. The minimum absolute atomic E-state index is 0. The van der Waals surface area contributed by atoms with Gasteiger partial charge in [-0.25, -0.2) is 9.60 Å². The molecule has 0 radical (unpaired) electrons. The molecule has 0 fully saturated rings. The first-order valence-electron chi connectivity index (χ1n) is 3.57. The highest BCUT2D eigenvalue weighted by molar-refractivity contribution is 3.91. The molecule has 0 aliphatic rings. The van der Waals surface area contributed by atoms with Gasteiger partial charge in [0.05, 0.1) is 35.2 Å². The van der Waals surface area contributed by atoms with E-state index in [4.69, 9.17) is 5.84 Å². The molecule has 0 aromatic carbocycles. The van der Waals surface area contributed by atoms with Crippen LogP contribution in [-0.2, 0) is 0 Å². The molecule has 0 aliphatic carbocycles. The van der Waals surface area contributed by atoms with Crippen LogP contribution in [-0.4, -0.2) is 39.8 Å². The van der Waals surface area contributed by atoms with E-state index in [1.54, 1.807) is 0 Å². The molecule has 1 atom stereocenters. The Morgan fingerprint density at radius 1 is 1.17 bits per heavy atom. The van der Waals surface area contributed by atoms with Crippen LogP contribution in [0.15, 0.2) is 0 Å². The minimum atomic E-state index is 0. The van der Waals surface area contributed by atoms with Crippen molar-refractivity contribution in [3.05, 3.63) is 5.84 Å². The zero-order valence-corrected chi connectivity index (χ0v) is 10.5. The third-order valence-electron chi connectivity index (χ3n) is 0.822. The number of hydrogen-bond acceptors (Lipinski definition) is 2. The number of hydrogen-bond donors (Lipinski definition) is 4. The lowest BCUT2D eigenvalue weighted by molar-refractivity contribution is -1.22. The fraction of sp³-hybridized carbons (Fsp3) is 1.00. The minimum Gasteiger partial charge on any atom is -1.00 e. The van der Waals surface area contributed by atoms with Crippen molar-refractivity contribution in [2.75, 3.05) is 35.2 Å².